The molecule has 0 spiro atoms. The Hall–Kier alpha value is -1.75. The maximum atomic E-state index is 12.3. The van der Waals surface area contributed by atoms with E-state index in [1.54, 1.807) is 0 Å². The van der Waals surface area contributed by atoms with Crippen LogP contribution in [0.5, 0.6) is 0 Å². The number of imidazole rings is 1. The Morgan fingerprint density at radius 1 is 1.33 bits per heavy atom. The van der Waals surface area contributed by atoms with Crippen LogP contribution in [0.15, 0.2) is 18.2 Å². The lowest BCUT2D eigenvalue weighted by Gasteiger charge is -2.18. The van der Waals surface area contributed by atoms with Crippen LogP contribution in [0.1, 0.15) is 25.1 Å². The summed E-state index contributed by atoms with van der Waals surface area (Å²) >= 11 is 6.03. The zero-order chi connectivity index (χ0) is 16.7. The molecule has 2 aliphatic rings. The van der Waals surface area contributed by atoms with Gasteiger partial charge in [0.05, 0.1) is 11.0 Å². The molecule has 1 aromatic carbocycles. The number of benzene rings is 1. The molecule has 5 nitrogen and oxygen atoms in total. The van der Waals surface area contributed by atoms with Gasteiger partial charge in [-0.3, -0.25) is 0 Å². The van der Waals surface area contributed by atoms with E-state index in [4.69, 9.17) is 11.6 Å². The Kier molecular flexibility index (Phi) is 4.12. The third-order valence-corrected chi connectivity index (χ3v) is 5.81. The molecule has 0 radical (unpaired) electrons. The summed E-state index contributed by atoms with van der Waals surface area (Å²) in [6.45, 7) is 2.47. The first-order valence-electron chi connectivity index (χ1n) is 8.75. The molecular formula is C18H23ClN4O. The van der Waals surface area contributed by atoms with Gasteiger partial charge in [-0.2, -0.15) is 0 Å². The van der Waals surface area contributed by atoms with Gasteiger partial charge in [0.2, 0.25) is 0 Å². The van der Waals surface area contributed by atoms with Crippen LogP contribution in [0.3, 0.4) is 0 Å². The van der Waals surface area contributed by atoms with Crippen LogP contribution in [0.25, 0.3) is 11.0 Å². The maximum absolute atomic E-state index is 12.3. The highest BCUT2D eigenvalue weighted by Gasteiger charge is 2.37. The summed E-state index contributed by atoms with van der Waals surface area (Å²) in [6, 6.07) is 5.81. The number of likely N-dealkylation sites (tertiary alicyclic amines) is 1. The summed E-state index contributed by atoms with van der Waals surface area (Å²) in [4.78, 5) is 19.0. The molecule has 0 bridgehead atoms. The number of halogens is 1. The van der Waals surface area contributed by atoms with Crippen molar-refractivity contribution in [2.24, 2.45) is 18.9 Å². The van der Waals surface area contributed by atoms with Crippen molar-refractivity contribution in [1.82, 2.24) is 19.8 Å². The third-order valence-electron chi connectivity index (χ3n) is 5.57. The average molecular weight is 347 g/mol. The van der Waals surface area contributed by atoms with Gasteiger partial charge in [-0.05, 0) is 42.9 Å². The fourth-order valence-electron chi connectivity index (χ4n) is 4.24. The molecule has 1 N–H and O–H groups in total. The van der Waals surface area contributed by atoms with Crippen molar-refractivity contribution in [3.05, 3.63) is 29.0 Å². The normalized spacial score (nSPS) is 23.0. The quantitative estimate of drug-likeness (QED) is 0.927. The van der Waals surface area contributed by atoms with Crippen LogP contribution in [-0.2, 0) is 13.5 Å². The van der Waals surface area contributed by atoms with E-state index in [-0.39, 0.29) is 6.03 Å². The van der Waals surface area contributed by atoms with Gasteiger partial charge in [-0.25, -0.2) is 9.78 Å². The zero-order valence-electron chi connectivity index (χ0n) is 14.0. The highest BCUT2D eigenvalue weighted by molar-refractivity contribution is 6.31. The Balaban J connectivity index is 1.34. The number of urea groups is 1. The van der Waals surface area contributed by atoms with Crippen molar-refractivity contribution in [2.75, 3.05) is 19.6 Å². The first kappa shape index (κ1) is 15.8. The Bertz CT molecular complexity index is 760. The first-order chi connectivity index (χ1) is 11.6. The number of rotatable bonds is 3. The predicted octanol–water partition coefficient (Wildman–Crippen LogP) is 3.21. The second-order valence-corrected chi connectivity index (χ2v) is 7.49. The highest BCUT2D eigenvalue weighted by Crippen LogP contribution is 2.37. The summed E-state index contributed by atoms with van der Waals surface area (Å²) in [5.74, 6) is 2.44. The van der Waals surface area contributed by atoms with E-state index >= 15 is 0 Å². The van der Waals surface area contributed by atoms with Gasteiger partial charge in [0.25, 0.3) is 0 Å². The minimum absolute atomic E-state index is 0.0752. The number of aryl methyl sites for hydroxylation is 1. The Morgan fingerprint density at radius 2 is 2.08 bits per heavy atom. The smallest absolute Gasteiger partial charge is 0.317 e. The molecule has 2 heterocycles. The Morgan fingerprint density at radius 3 is 2.83 bits per heavy atom. The number of carbonyl (C=O) groups excluding carboxylic acids is 1. The number of hydrogen-bond acceptors (Lipinski definition) is 2. The van der Waals surface area contributed by atoms with Gasteiger partial charge in [0.1, 0.15) is 5.82 Å². The number of nitrogens with zero attached hydrogens (tertiary/aromatic N) is 3. The van der Waals surface area contributed by atoms with E-state index in [0.29, 0.717) is 11.6 Å². The van der Waals surface area contributed by atoms with Crippen molar-refractivity contribution in [2.45, 2.75) is 25.7 Å². The lowest BCUT2D eigenvalue weighted by atomic mass is 10.0. The number of amides is 2. The molecular weight excluding hydrogens is 324 g/mol. The molecule has 1 aliphatic heterocycles. The summed E-state index contributed by atoms with van der Waals surface area (Å²) in [5.41, 5.74) is 1.96. The third kappa shape index (κ3) is 2.86. The van der Waals surface area contributed by atoms with E-state index in [1.165, 1.54) is 19.3 Å². The number of nitrogens with one attached hydrogen (secondary N) is 1. The molecule has 4 rings (SSSR count). The van der Waals surface area contributed by atoms with Gasteiger partial charge in [0.15, 0.2) is 0 Å². The van der Waals surface area contributed by atoms with Crippen molar-refractivity contribution in [3.8, 4) is 0 Å². The van der Waals surface area contributed by atoms with Gasteiger partial charge in [-0.1, -0.05) is 18.0 Å². The highest BCUT2D eigenvalue weighted by atomic mass is 35.5. The van der Waals surface area contributed by atoms with Crippen LogP contribution in [0.4, 0.5) is 4.79 Å². The molecule has 24 heavy (non-hydrogen) atoms. The van der Waals surface area contributed by atoms with Crippen LogP contribution in [0.2, 0.25) is 5.02 Å². The van der Waals surface area contributed by atoms with Gasteiger partial charge in [0, 0.05) is 38.1 Å². The van der Waals surface area contributed by atoms with E-state index < -0.39 is 0 Å². The SMILES string of the molecule is Cn1c(CCNC(=O)N2C[C@H]3CCC[C@H]3C2)nc2cc(Cl)ccc21. The standard InChI is InChI=1S/C18H23ClN4O/c1-22-16-6-5-14(19)9-15(16)21-17(22)7-8-20-18(24)23-10-12-3-2-4-13(12)11-23/h5-6,9,12-13H,2-4,7-8,10-11H2,1H3,(H,20,24)/t12-,13+. The number of fused-ring (bicyclic) bond motifs is 2. The lowest BCUT2D eigenvalue weighted by Crippen LogP contribution is -2.40. The molecule has 1 aromatic heterocycles. The fourth-order valence-corrected chi connectivity index (χ4v) is 4.41. The molecule has 1 aliphatic carbocycles. The van der Waals surface area contributed by atoms with E-state index in [0.717, 1.165) is 48.2 Å². The maximum Gasteiger partial charge on any atom is 0.317 e. The van der Waals surface area contributed by atoms with Crippen molar-refractivity contribution in [3.63, 3.8) is 0 Å². The second-order valence-electron chi connectivity index (χ2n) is 7.06. The summed E-state index contributed by atoms with van der Waals surface area (Å²) in [6.07, 6.45) is 4.63. The first-order valence-corrected chi connectivity index (χ1v) is 9.13. The van der Waals surface area contributed by atoms with Crippen LogP contribution < -0.4 is 5.32 Å². The minimum atomic E-state index is 0.0752. The molecule has 2 aromatic rings. The van der Waals surface area contributed by atoms with Gasteiger partial charge < -0.3 is 14.8 Å². The molecule has 2 atom stereocenters. The monoisotopic (exact) mass is 346 g/mol. The molecule has 2 amide bonds. The summed E-state index contributed by atoms with van der Waals surface area (Å²) < 4.78 is 2.07. The van der Waals surface area contributed by atoms with E-state index in [9.17, 15) is 4.79 Å². The largest absolute Gasteiger partial charge is 0.338 e. The van der Waals surface area contributed by atoms with Gasteiger partial charge in [-0.15, -0.1) is 0 Å². The van der Waals surface area contributed by atoms with Crippen molar-refractivity contribution < 1.29 is 4.79 Å². The number of hydrogen-bond donors (Lipinski definition) is 1. The number of carbonyl (C=O) groups is 1. The molecule has 1 saturated heterocycles. The second kappa shape index (κ2) is 6.28. The number of aromatic nitrogens is 2. The van der Waals surface area contributed by atoms with Crippen LogP contribution >= 0.6 is 11.6 Å². The Labute approximate surface area is 147 Å². The van der Waals surface area contributed by atoms with Crippen LogP contribution in [-0.4, -0.2) is 40.1 Å². The molecule has 6 heteroatoms. The summed E-state index contributed by atoms with van der Waals surface area (Å²) in [5, 5.41) is 3.75. The minimum Gasteiger partial charge on any atom is -0.338 e. The molecule has 1 saturated carbocycles. The molecule has 128 valence electrons. The van der Waals surface area contributed by atoms with Gasteiger partial charge >= 0.3 is 6.03 Å². The van der Waals surface area contributed by atoms with E-state index in [2.05, 4.69) is 14.9 Å². The zero-order valence-corrected chi connectivity index (χ0v) is 14.7. The van der Waals surface area contributed by atoms with Crippen molar-refractivity contribution in [1.29, 1.82) is 0 Å². The predicted molar refractivity (Wildman–Crippen MR) is 95.2 cm³/mol. The fraction of sp³-hybridized carbons (Fsp3) is 0.556. The van der Waals surface area contributed by atoms with Crippen LogP contribution in [0, 0.1) is 11.8 Å². The topological polar surface area (TPSA) is 50.2 Å². The molecule has 0 unspecified atom stereocenters. The van der Waals surface area contributed by atoms with Crippen molar-refractivity contribution >= 4 is 28.7 Å². The summed E-state index contributed by atoms with van der Waals surface area (Å²) in [7, 11) is 2.00. The molecule has 2 fully saturated rings. The average Bonchev–Trinajstić information content (AvgIpc) is 3.21. The lowest BCUT2D eigenvalue weighted by molar-refractivity contribution is 0.205. The van der Waals surface area contributed by atoms with E-state index in [1.807, 2.05) is 30.1 Å².